The van der Waals surface area contributed by atoms with Crippen molar-refractivity contribution in [2.24, 2.45) is 0 Å². The highest BCUT2D eigenvalue weighted by Gasteiger charge is 2.30. The van der Waals surface area contributed by atoms with Crippen molar-refractivity contribution in [1.29, 1.82) is 0 Å². The molecule has 2 heterocycles. The summed E-state index contributed by atoms with van der Waals surface area (Å²) in [6, 6.07) is 20.4. The Bertz CT molecular complexity index is 932. The average Bonchev–Trinajstić information content (AvgIpc) is 2.70. The van der Waals surface area contributed by atoms with E-state index in [4.69, 9.17) is 34.8 Å². The molecule has 0 spiro atoms. The highest BCUT2D eigenvalue weighted by atomic mass is 35.5. The van der Waals surface area contributed by atoms with Crippen molar-refractivity contribution in [3.8, 4) is 0 Å². The minimum atomic E-state index is 0.126. The van der Waals surface area contributed by atoms with Gasteiger partial charge in [-0.05, 0) is 29.3 Å². The molecule has 1 aliphatic heterocycles. The fourth-order valence-corrected chi connectivity index (χ4v) is 4.28. The number of benzene rings is 2. The predicted molar refractivity (Wildman–Crippen MR) is 118 cm³/mol. The largest absolute Gasteiger partial charge is 0.346 e. The predicted octanol–water partition coefficient (Wildman–Crippen LogP) is 6.11. The van der Waals surface area contributed by atoms with E-state index in [0.29, 0.717) is 10.0 Å². The summed E-state index contributed by atoms with van der Waals surface area (Å²) in [5, 5.41) is 1.84. The van der Waals surface area contributed by atoms with E-state index in [-0.39, 0.29) is 6.04 Å². The van der Waals surface area contributed by atoms with Gasteiger partial charge in [0.15, 0.2) is 0 Å². The zero-order valence-electron chi connectivity index (χ0n) is 15.2. The number of aromatic nitrogens is 1. The Morgan fingerprint density at radius 1 is 0.893 bits per heavy atom. The quantitative estimate of drug-likeness (QED) is 0.496. The molecule has 0 amide bonds. The minimum absolute atomic E-state index is 0.126. The van der Waals surface area contributed by atoms with Crippen LogP contribution in [0.25, 0.3) is 0 Å². The summed E-state index contributed by atoms with van der Waals surface area (Å²) in [6.45, 7) is 3.55. The normalized spacial score (nSPS) is 17.7. The standard InChI is InChI=1S/C22H20Cl3N3/c23-18-8-6-17(7-9-18)21-15-27(14-16-4-2-1-3-5-16)10-11-28(21)22-20(25)12-19(24)13-26-22/h1-9,12-13,21H,10-11,14-15H2/t21-/m0/s1. The van der Waals surface area contributed by atoms with Gasteiger partial charge in [-0.3, -0.25) is 4.90 Å². The van der Waals surface area contributed by atoms with Crippen LogP contribution in [0.4, 0.5) is 5.82 Å². The minimum Gasteiger partial charge on any atom is -0.346 e. The molecule has 6 heteroatoms. The fourth-order valence-electron chi connectivity index (χ4n) is 3.67. The van der Waals surface area contributed by atoms with Crippen LogP contribution in [0.3, 0.4) is 0 Å². The first-order valence-electron chi connectivity index (χ1n) is 9.19. The second-order valence-electron chi connectivity index (χ2n) is 6.94. The van der Waals surface area contributed by atoms with Gasteiger partial charge < -0.3 is 4.90 Å². The van der Waals surface area contributed by atoms with Gasteiger partial charge in [-0.15, -0.1) is 0 Å². The summed E-state index contributed by atoms with van der Waals surface area (Å²) in [6.07, 6.45) is 1.65. The average molecular weight is 433 g/mol. The number of hydrogen-bond donors (Lipinski definition) is 0. The van der Waals surface area contributed by atoms with E-state index in [1.54, 1.807) is 12.3 Å². The molecule has 0 bridgehead atoms. The van der Waals surface area contributed by atoms with Gasteiger partial charge in [-0.1, -0.05) is 77.3 Å². The van der Waals surface area contributed by atoms with Crippen LogP contribution in [0.2, 0.25) is 15.1 Å². The summed E-state index contributed by atoms with van der Waals surface area (Å²) in [4.78, 5) is 9.26. The molecular weight excluding hydrogens is 413 g/mol. The second-order valence-corrected chi connectivity index (χ2v) is 8.22. The van der Waals surface area contributed by atoms with Gasteiger partial charge in [0.25, 0.3) is 0 Å². The van der Waals surface area contributed by atoms with Gasteiger partial charge in [0.2, 0.25) is 0 Å². The zero-order chi connectivity index (χ0) is 19.5. The molecule has 1 saturated heterocycles. The van der Waals surface area contributed by atoms with Crippen LogP contribution in [0.15, 0.2) is 66.9 Å². The summed E-state index contributed by atoms with van der Waals surface area (Å²) in [5.41, 5.74) is 2.50. The Morgan fingerprint density at radius 3 is 2.36 bits per heavy atom. The Hall–Kier alpha value is -1.78. The second kappa shape index (κ2) is 8.71. The van der Waals surface area contributed by atoms with Crippen molar-refractivity contribution in [2.45, 2.75) is 12.6 Å². The maximum atomic E-state index is 6.48. The van der Waals surface area contributed by atoms with Gasteiger partial charge in [-0.25, -0.2) is 4.98 Å². The molecule has 3 nitrogen and oxygen atoms in total. The topological polar surface area (TPSA) is 19.4 Å². The molecule has 1 aromatic heterocycles. The number of halogens is 3. The van der Waals surface area contributed by atoms with Crippen LogP contribution < -0.4 is 4.90 Å². The molecule has 0 saturated carbocycles. The van der Waals surface area contributed by atoms with Crippen LogP contribution in [0.1, 0.15) is 17.2 Å². The van der Waals surface area contributed by atoms with Crippen molar-refractivity contribution in [2.75, 3.05) is 24.5 Å². The SMILES string of the molecule is Clc1ccc([C@@H]2CN(Cc3ccccc3)CCN2c2ncc(Cl)cc2Cl)cc1. The van der Waals surface area contributed by atoms with Crippen molar-refractivity contribution in [3.63, 3.8) is 0 Å². The van der Waals surface area contributed by atoms with E-state index in [2.05, 4.69) is 51.2 Å². The van der Waals surface area contributed by atoms with Gasteiger partial charge in [0.05, 0.1) is 16.1 Å². The molecule has 0 aliphatic carbocycles. The highest BCUT2D eigenvalue weighted by molar-refractivity contribution is 6.36. The van der Waals surface area contributed by atoms with E-state index in [1.165, 1.54) is 11.1 Å². The van der Waals surface area contributed by atoms with Crippen molar-refractivity contribution in [1.82, 2.24) is 9.88 Å². The smallest absolute Gasteiger partial charge is 0.148 e. The molecule has 28 heavy (non-hydrogen) atoms. The van der Waals surface area contributed by atoms with Crippen molar-refractivity contribution < 1.29 is 0 Å². The highest BCUT2D eigenvalue weighted by Crippen LogP contribution is 2.35. The summed E-state index contributed by atoms with van der Waals surface area (Å²) in [7, 11) is 0. The zero-order valence-corrected chi connectivity index (χ0v) is 17.5. The Morgan fingerprint density at radius 2 is 1.64 bits per heavy atom. The van der Waals surface area contributed by atoms with Gasteiger partial charge >= 0.3 is 0 Å². The first-order valence-corrected chi connectivity index (χ1v) is 10.3. The molecular formula is C22H20Cl3N3. The number of nitrogens with zero attached hydrogens (tertiary/aromatic N) is 3. The Labute approximate surface area is 180 Å². The lowest BCUT2D eigenvalue weighted by Gasteiger charge is -2.42. The van der Waals surface area contributed by atoms with E-state index in [9.17, 15) is 0 Å². The van der Waals surface area contributed by atoms with Crippen LogP contribution in [0, 0.1) is 0 Å². The monoisotopic (exact) mass is 431 g/mol. The Balaban J connectivity index is 1.63. The lowest BCUT2D eigenvalue weighted by atomic mass is 10.0. The number of hydrogen-bond acceptors (Lipinski definition) is 3. The Kier molecular flexibility index (Phi) is 6.07. The summed E-state index contributed by atoms with van der Waals surface area (Å²) < 4.78 is 0. The summed E-state index contributed by atoms with van der Waals surface area (Å²) >= 11 is 18.6. The van der Waals surface area contributed by atoms with Gasteiger partial charge in [0, 0.05) is 37.4 Å². The van der Waals surface area contributed by atoms with Crippen LogP contribution in [-0.4, -0.2) is 29.5 Å². The molecule has 1 aliphatic rings. The number of anilines is 1. The molecule has 0 unspecified atom stereocenters. The molecule has 3 aromatic rings. The first kappa shape index (κ1) is 19.5. The third kappa shape index (κ3) is 4.44. The molecule has 4 rings (SSSR count). The van der Waals surface area contributed by atoms with E-state index >= 15 is 0 Å². The fraction of sp³-hybridized carbons (Fsp3) is 0.227. The maximum absolute atomic E-state index is 6.48. The third-order valence-electron chi connectivity index (χ3n) is 5.03. The van der Waals surface area contributed by atoms with Crippen LogP contribution in [-0.2, 0) is 6.54 Å². The van der Waals surface area contributed by atoms with Crippen molar-refractivity contribution in [3.05, 3.63) is 93.1 Å². The van der Waals surface area contributed by atoms with E-state index in [0.717, 1.165) is 37.0 Å². The molecule has 0 radical (unpaired) electrons. The van der Waals surface area contributed by atoms with Crippen molar-refractivity contribution >= 4 is 40.6 Å². The lowest BCUT2D eigenvalue weighted by molar-refractivity contribution is 0.215. The van der Waals surface area contributed by atoms with Crippen LogP contribution >= 0.6 is 34.8 Å². The first-order chi connectivity index (χ1) is 13.6. The summed E-state index contributed by atoms with van der Waals surface area (Å²) in [5.74, 6) is 0.769. The lowest BCUT2D eigenvalue weighted by Crippen LogP contribution is -2.48. The molecule has 1 atom stereocenters. The van der Waals surface area contributed by atoms with Crippen LogP contribution in [0.5, 0.6) is 0 Å². The number of piperazine rings is 1. The van der Waals surface area contributed by atoms with Gasteiger partial charge in [0.1, 0.15) is 5.82 Å². The number of rotatable bonds is 4. The molecule has 144 valence electrons. The molecule has 2 aromatic carbocycles. The molecule has 1 fully saturated rings. The number of pyridine rings is 1. The third-order valence-corrected chi connectivity index (χ3v) is 5.77. The maximum Gasteiger partial charge on any atom is 0.148 e. The van der Waals surface area contributed by atoms with E-state index in [1.807, 2.05) is 18.2 Å². The van der Waals surface area contributed by atoms with E-state index < -0.39 is 0 Å². The van der Waals surface area contributed by atoms with Gasteiger partial charge in [-0.2, -0.15) is 0 Å². The molecule has 0 N–H and O–H groups in total.